The Labute approximate surface area is 83.1 Å². The highest BCUT2D eigenvalue weighted by Crippen LogP contribution is 2.06. The molecular weight excluding hydrogens is 188 g/mol. The summed E-state index contributed by atoms with van der Waals surface area (Å²) in [6.45, 7) is 5.12. The first kappa shape index (κ1) is 12.7. The third kappa shape index (κ3) is 5.36. The molecule has 0 rings (SSSR count). The van der Waals surface area contributed by atoms with E-state index in [2.05, 4.69) is 4.84 Å². The zero-order chi connectivity index (χ0) is 11.4. The number of hydrogen-bond donors (Lipinski definition) is 1. The van der Waals surface area contributed by atoms with Gasteiger partial charge in [0.2, 0.25) is 0 Å². The maximum absolute atomic E-state index is 11.1. The summed E-state index contributed by atoms with van der Waals surface area (Å²) in [6.07, 6.45) is -0.800. The van der Waals surface area contributed by atoms with Crippen LogP contribution < -0.4 is 5.32 Å². The number of nitrogens with one attached hydrogen (secondary N) is 1. The summed E-state index contributed by atoms with van der Waals surface area (Å²) in [5, 5.41) is 2.87. The minimum Gasteiger partial charge on any atom is -0.443 e. The van der Waals surface area contributed by atoms with E-state index in [0.29, 0.717) is 0 Å². The molecular formula is C8H16N2O4. The average Bonchev–Trinajstić information content (AvgIpc) is 1.99. The fourth-order valence-electron chi connectivity index (χ4n) is 0.553. The van der Waals surface area contributed by atoms with Crippen molar-refractivity contribution in [3.63, 3.8) is 0 Å². The monoisotopic (exact) mass is 204 g/mol. The summed E-state index contributed by atoms with van der Waals surface area (Å²) >= 11 is 0. The zero-order valence-corrected chi connectivity index (χ0v) is 9.08. The highest BCUT2D eigenvalue weighted by atomic mass is 16.7. The third-order valence-corrected chi connectivity index (χ3v) is 1.17. The van der Waals surface area contributed by atoms with Crippen molar-refractivity contribution >= 4 is 12.1 Å². The Morgan fingerprint density at radius 1 is 1.29 bits per heavy atom. The Morgan fingerprint density at radius 3 is 2.14 bits per heavy atom. The van der Waals surface area contributed by atoms with Crippen molar-refractivity contribution in [3.05, 3.63) is 0 Å². The molecule has 6 nitrogen and oxygen atoms in total. The van der Waals surface area contributed by atoms with Gasteiger partial charge in [0, 0.05) is 7.05 Å². The van der Waals surface area contributed by atoms with Crippen LogP contribution in [0.3, 0.4) is 0 Å². The first-order chi connectivity index (χ1) is 6.26. The van der Waals surface area contributed by atoms with E-state index < -0.39 is 17.7 Å². The number of alkyl carbamates (subject to hydrolysis) is 1. The lowest BCUT2D eigenvalue weighted by Gasteiger charge is -2.20. The maximum atomic E-state index is 11.1. The predicted octanol–water partition coefficient (Wildman–Crippen LogP) is 1.12. The van der Waals surface area contributed by atoms with E-state index in [-0.39, 0.29) is 0 Å². The molecule has 0 aliphatic rings. The first-order valence-corrected chi connectivity index (χ1v) is 4.08. The second kappa shape index (κ2) is 4.80. The smallest absolute Gasteiger partial charge is 0.415 e. The molecule has 0 aromatic carbocycles. The summed E-state index contributed by atoms with van der Waals surface area (Å²) in [5.74, 6) is 0. The summed E-state index contributed by atoms with van der Waals surface area (Å²) in [4.78, 5) is 26.7. The number of carbonyl (C=O) groups is 2. The van der Waals surface area contributed by atoms with Crippen LogP contribution in [0, 0.1) is 0 Å². The second-order valence-corrected chi connectivity index (χ2v) is 3.61. The van der Waals surface area contributed by atoms with Gasteiger partial charge >= 0.3 is 12.1 Å². The Morgan fingerprint density at radius 2 is 1.79 bits per heavy atom. The standard InChI is InChI=1S/C8H16N2O4/c1-8(2,3)14-7(12)9-6(11)10(4)13-5/h1-5H3,(H,9,11,12). The van der Waals surface area contributed by atoms with E-state index in [1.165, 1.54) is 14.2 Å². The number of urea groups is 1. The number of rotatable bonds is 1. The fraction of sp³-hybridized carbons (Fsp3) is 0.750. The average molecular weight is 204 g/mol. The SMILES string of the molecule is CON(C)C(=O)NC(=O)OC(C)(C)C. The van der Waals surface area contributed by atoms with E-state index in [0.717, 1.165) is 5.06 Å². The summed E-state index contributed by atoms with van der Waals surface area (Å²) in [5.41, 5.74) is -0.629. The molecule has 0 aliphatic carbocycles. The van der Waals surface area contributed by atoms with Gasteiger partial charge in [0.15, 0.2) is 0 Å². The maximum Gasteiger partial charge on any atom is 0.415 e. The molecule has 14 heavy (non-hydrogen) atoms. The Balaban J connectivity index is 4.02. The lowest BCUT2D eigenvalue weighted by Crippen LogP contribution is -2.42. The van der Waals surface area contributed by atoms with Crippen LogP contribution in [-0.4, -0.2) is 36.9 Å². The second-order valence-electron chi connectivity index (χ2n) is 3.61. The quantitative estimate of drug-likeness (QED) is 0.650. The van der Waals surface area contributed by atoms with Gasteiger partial charge in [-0.2, -0.15) is 0 Å². The van der Waals surface area contributed by atoms with Crippen LogP contribution in [0.25, 0.3) is 0 Å². The van der Waals surface area contributed by atoms with Gasteiger partial charge < -0.3 is 4.74 Å². The van der Waals surface area contributed by atoms with Crippen LogP contribution in [0.4, 0.5) is 9.59 Å². The third-order valence-electron chi connectivity index (χ3n) is 1.17. The van der Waals surface area contributed by atoms with Crippen LogP contribution in [0.2, 0.25) is 0 Å². The summed E-state index contributed by atoms with van der Waals surface area (Å²) in [7, 11) is 2.69. The molecule has 0 bridgehead atoms. The molecule has 0 saturated carbocycles. The zero-order valence-electron chi connectivity index (χ0n) is 9.08. The van der Waals surface area contributed by atoms with E-state index in [9.17, 15) is 9.59 Å². The number of carbonyl (C=O) groups excluding carboxylic acids is 2. The molecule has 0 radical (unpaired) electrons. The lowest BCUT2D eigenvalue weighted by molar-refractivity contribution is -0.0650. The van der Waals surface area contributed by atoms with Crippen LogP contribution in [0.5, 0.6) is 0 Å². The molecule has 0 aliphatic heterocycles. The molecule has 0 fully saturated rings. The Hall–Kier alpha value is -1.30. The van der Waals surface area contributed by atoms with Crippen molar-refractivity contribution < 1.29 is 19.2 Å². The number of ether oxygens (including phenoxy) is 1. The Kier molecular flexibility index (Phi) is 4.36. The van der Waals surface area contributed by atoms with E-state index in [1.807, 2.05) is 5.32 Å². The van der Waals surface area contributed by atoms with Gasteiger partial charge in [-0.05, 0) is 20.8 Å². The topological polar surface area (TPSA) is 67.9 Å². The minimum absolute atomic E-state index is 0.629. The molecule has 0 saturated heterocycles. The van der Waals surface area contributed by atoms with Crippen molar-refractivity contribution in [2.75, 3.05) is 14.2 Å². The molecule has 0 aromatic rings. The van der Waals surface area contributed by atoms with Gasteiger partial charge in [0.1, 0.15) is 5.60 Å². The molecule has 0 unspecified atom stereocenters. The number of nitrogens with zero attached hydrogens (tertiary/aromatic N) is 1. The van der Waals surface area contributed by atoms with E-state index in [1.54, 1.807) is 20.8 Å². The van der Waals surface area contributed by atoms with Gasteiger partial charge in [0.25, 0.3) is 0 Å². The molecule has 82 valence electrons. The molecule has 1 N–H and O–H groups in total. The van der Waals surface area contributed by atoms with Crippen molar-refractivity contribution in [2.24, 2.45) is 0 Å². The number of hydrogen-bond acceptors (Lipinski definition) is 4. The molecule has 6 heteroatoms. The molecule has 3 amide bonds. The summed E-state index contributed by atoms with van der Waals surface area (Å²) < 4.78 is 4.85. The van der Waals surface area contributed by atoms with Crippen molar-refractivity contribution in [2.45, 2.75) is 26.4 Å². The predicted molar refractivity (Wildman–Crippen MR) is 49.5 cm³/mol. The van der Waals surface area contributed by atoms with Gasteiger partial charge in [0.05, 0.1) is 7.11 Å². The van der Waals surface area contributed by atoms with Crippen LogP contribution in [-0.2, 0) is 9.57 Å². The van der Waals surface area contributed by atoms with Crippen molar-refractivity contribution in [1.29, 1.82) is 0 Å². The largest absolute Gasteiger partial charge is 0.443 e. The van der Waals surface area contributed by atoms with E-state index in [4.69, 9.17) is 4.74 Å². The van der Waals surface area contributed by atoms with Gasteiger partial charge in [-0.3, -0.25) is 4.84 Å². The lowest BCUT2D eigenvalue weighted by atomic mass is 10.2. The molecule has 0 atom stereocenters. The normalized spacial score (nSPS) is 10.6. The number of imide groups is 1. The van der Waals surface area contributed by atoms with Crippen LogP contribution in [0.1, 0.15) is 20.8 Å². The number of amides is 3. The van der Waals surface area contributed by atoms with Crippen molar-refractivity contribution in [1.82, 2.24) is 10.4 Å². The molecule has 0 aromatic heterocycles. The molecule has 0 heterocycles. The minimum atomic E-state index is -0.800. The van der Waals surface area contributed by atoms with Gasteiger partial charge in [-0.15, -0.1) is 0 Å². The van der Waals surface area contributed by atoms with Crippen molar-refractivity contribution in [3.8, 4) is 0 Å². The fourth-order valence-corrected chi connectivity index (χ4v) is 0.553. The van der Waals surface area contributed by atoms with Crippen LogP contribution >= 0.6 is 0 Å². The molecule has 0 spiro atoms. The van der Waals surface area contributed by atoms with Crippen LogP contribution in [0.15, 0.2) is 0 Å². The summed E-state index contributed by atoms with van der Waals surface area (Å²) in [6, 6.07) is -0.679. The first-order valence-electron chi connectivity index (χ1n) is 4.08. The Bertz CT molecular complexity index is 222. The highest BCUT2D eigenvalue weighted by molar-refractivity contribution is 5.90. The highest BCUT2D eigenvalue weighted by Gasteiger charge is 2.19. The van der Waals surface area contributed by atoms with Gasteiger partial charge in [-0.25, -0.2) is 20.0 Å². The number of hydroxylamine groups is 2. The van der Waals surface area contributed by atoms with Gasteiger partial charge in [-0.1, -0.05) is 0 Å². The van der Waals surface area contributed by atoms with E-state index >= 15 is 0 Å².